The molecule has 2 N–H and O–H groups in total. The molecule has 0 saturated carbocycles. The highest BCUT2D eigenvalue weighted by Crippen LogP contribution is 2.38. The fourth-order valence-electron chi connectivity index (χ4n) is 3.35. The van der Waals surface area contributed by atoms with E-state index in [0.717, 1.165) is 18.6 Å². The van der Waals surface area contributed by atoms with Gasteiger partial charge in [-0.3, -0.25) is 0 Å². The van der Waals surface area contributed by atoms with E-state index in [9.17, 15) is 9.59 Å². The maximum Gasteiger partial charge on any atom is 0.328 e. The first-order valence-corrected chi connectivity index (χ1v) is 9.00. The van der Waals surface area contributed by atoms with E-state index < -0.39 is 11.9 Å². The Morgan fingerprint density at radius 1 is 1.12 bits per heavy atom. The van der Waals surface area contributed by atoms with Crippen LogP contribution in [0.4, 0.5) is 0 Å². The maximum atomic E-state index is 9.55. The van der Waals surface area contributed by atoms with E-state index in [0.29, 0.717) is 34.3 Å². The first kappa shape index (κ1) is 20.6. The maximum absolute atomic E-state index is 9.55. The van der Waals surface area contributed by atoms with Gasteiger partial charge < -0.3 is 19.8 Å². The van der Waals surface area contributed by atoms with E-state index >= 15 is 0 Å². The second-order valence-corrected chi connectivity index (χ2v) is 7.11. The number of carbonyl (C=O) groups is 2. The molecule has 26 heavy (non-hydrogen) atoms. The second-order valence-electron chi connectivity index (χ2n) is 6.32. The van der Waals surface area contributed by atoms with Gasteiger partial charge in [0.2, 0.25) is 0 Å². The van der Waals surface area contributed by atoms with Crippen LogP contribution in [0.5, 0.6) is 5.75 Å². The molecule has 2 heterocycles. The van der Waals surface area contributed by atoms with Crippen molar-refractivity contribution in [3.05, 3.63) is 40.4 Å². The molecular weight excluding hydrogens is 381 g/mol. The topological polar surface area (TPSA) is 87.1 Å². The molecule has 0 aliphatic carbocycles. The van der Waals surface area contributed by atoms with Crippen LogP contribution in [0.15, 0.2) is 30.4 Å². The van der Waals surface area contributed by atoms with Gasteiger partial charge in [-0.25, -0.2) is 9.59 Å². The molecule has 0 amide bonds. The van der Waals surface area contributed by atoms with E-state index in [4.69, 9.17) is 38.2 Å². The van der Waals surface area contributed by atoms with Crippen molar-refractivity contribution in [3.63, 3.8) is 0 Å². The second kappa shape index (κ2) is 9.26. The summed E-state index contributed by atoms with van der Waals surface area (Å²) in [5, 5.41) is 16.7. The van der Waals surface area contributed by atoms with Crippen LogP contribution in [0.25, 0.3) is 0 Å². The molecule has 6 nitrogen and oxygen atoms in total. The van der Waals surface area contributed by atoms with Crippen LogP contribution in [0.2, 0.25) is 10.0 Å². The van der Waals surface area contributed by atoms with Crippen LogP contribution in [0, 0.1) is 0 Å². The third kappa shape index (κ3) is 5.62. The summed E-state index contributed by atoms with van der Waals surface area (Å²) in [5.74, 6) is -1.79. The minimum atomic E-state index is -1.26. The molecule has 2 aliphatic heterocycles. The van der Waals surface area contributed by atoms with Crippen molar-refractivity contribution in [2.75, 3.05) is 7.05 Å². The number of rotatable bonds is 4. The number of benzene rings is 1. The number of hydrogen-bond acceptors (Lipinski definition) is 4. The molecular formula is C18H21Cl2NO5. The number of carboxylic acid groups (broad SMARTS) is 2. The van der Waals surface area contributed by atoms with Crippen molar-refractivity contribution in [3.8, 4) is 5.75 Å². The molecule has 2 atom stereocenters. The number of fused-ring (bicyclic) bond motifs is 2. The van der Waals surface area contributed by atoms with Gasteiger partial charge in [0.05, 0.1) is 5.02 Å². The fraction of sp³-hybridized carbons (Fsp3) is 0.444. The Bertz CT molecular complexity index is 664. The number of ether oxygens (including phenoxy) is 1. The van der Waals surface area contributed by atoms with Crippen LogP contribution < -0.4 is 4.74 Å². The SMILES string of the molecule is CN1C2CCC1CC(Oc1cccc(Cl)c1Cl)C2.O=C(O)/C=C/C(=O)O. The van der Waals surface area contributed by atoms with Crippen LogP contribution in [-0.2, 0) is 9.59 Å². The molecule has 2 saturated heterocycles. The van der Waals surface area contributed by atoms with E-state index in [-0.39, 0.29) is 6.10 Å². The lowest BCUT2D eigenvalue weighted by molar-refractivity contribution is -0.134. The monoisotopic (exact) mass is 401 g/mol. The Balaban J connectivity index is 0.000000260. The third-order valence-electron chi connectivity index (χ3n) is 4.63. The Labute approximate surface area is 162 Å². The van der Waals surface area contributed by atoms with Gasteiger partial charge in [-0.15, -0.1) is 0 Å². The summed E-state index contributed by atoms with van der Waals surface area (Å²) < 4.78 is 6.05. The first-order chi connectivity index (χ1) is 12.3. The summed E-state index contributed by atoms with van der Waals surface area (Å²) in [6.07, 6.45) is 6.17. The van der Waals surface area contributed by atoms with Crippen LogP contribution in [-0.4, -0.2) is 52.3 Å². The number of hydrogen-bond donors (Lipinski definition) is 2. The molecule has 2 aliphatic rings. The van der Waals surface area contributed by atoms with Gasteiger partial charge in [0.15, 0.2) is 0 Å². The third-order valence-corrected chi connectivity index (χ3v) is 5.43. The van der Waals surface area contributed by atoms with Crippen molar-refractivity contribution in [2.24, 2.45) is 0 Å². The average Bonchev–Trinajstić information content (AvgIpc) is 2.80. The fourth-order valence-corrected chi connectivity index (χ4v) is 3.69. The van der Waals surface area contributed by atoms with Gasteiger partial charge in [0, 0.05) is 24.2 Å². The highest BCUT2D eigenvalue weighted by atomic mass is 35.5. The van der Waals surface area contributed by atoms with Gasteiger partial charge >= 0.3 is 11.9 Å². The number of piperidine rings is 1. The van der Waals surface area contributed by atoms with E-state index in [1.807, 2.05) is 12.1 Å². The molecule has 3 rings (SSSR count). The molecule has 0 aromatic heterocycles. The molecule has 0 radical (unpaired) electrons. The summed E-state index contributed by atoms with van der Waals surface area (Å²) in [6, 6.07) is 6.91. The summed E-state index contributed by atoms with van der Waals surface area (Å²) in [7, 11) is 2.23. The van der Waals surface area contributed by atoms with Crippen molar-refractivity contribution in [1.29, 1.82) is 0 Å². The van der Waals surface area contributed by atoms with Gasteiger partial charge in [0.1, 0.15) is 16.9 Å². The smallest absolute Gasteiger partial charge is 0.328 e. The predicted octanol–water partition coefficient (Wildman–Crippen LogP) is 3.71. The van der Waals surface area contributed by atoms with Crippen molar-refractivity contribution in [2.45, 2.75) is 43.9 Å². The molecule has 2 bridgehead atoms. The van der Waals surface area contributed by atoms with Crippen molar-refractivity contribution < 1.29 is 24.5 Å². The zero-order valence-electron chi connectivity index (χ0n) is 14.3. The summed E-state index contributed by atoms with van der Waals surface area (Å²) in [4.78, 5) is 21.6. The van der Waals surface area contributed by atoms with Gasteiger partial charge in [-0.05, 0) is 44.9 Å². The Morgan fingerprint density at radius 3 is 2.15 bits per heavy atom. The minimum absolute atomic E-state index is 0.273. The normalized spacial score (nSPS) is 24.8. The largest absolute Gasteiger partial charge is 0.489 e. The van der Waals surface area contributed by atoms with Gasteiger partial charge in [-0.2, -0.15) is 0 Å². The number of carboxylic acids is 2. The number of nitrogens with zero attached hydrogens (tertiary/aromatic N) is 1. The molecule has 0 spiro atoms. The number of aliphatic carboxylic acids is 2. The quantitative estimate of drug-likeness (QED) is 0.747. The molecule has 2 fully saturated rings. The Kier molecular flexibility index (Phi) is 7.32. The van der Waals surface area contributed by atoms with Gasteiger partial charge in [0.25, 0.3) is 0 Å². The van der Waals surface area contributed by atoms with Crippen molar-refractivity contribution >= 4 is 35.1 Å². The lowest BCUT2D eigenvalue weighted by atomic mass is 10.0. The summed E-state index contributed by atoms with van der Waals surface area (Å²) in [6.45, 7) is 0. The molecule has 8 heteroatoms. The standard InChI is InChI=1S/C14H17Cl2NO.C4H4O4/c1-17-9-5-6-10(17)8-11(7-9)18-13-4-2-3-12(15)14(13)16;5-3(6)1-2-4(7)8/h2-4,9-11H,5-8H2,1H3;1-2H,(H,5,6)(H,7,8)/b;2-1+. The van der Waals surface area contributed by atoms with Crippen LogP contribution in [0.3, 0.4) is 0 Å². The highest BCUT2D eigenvalue weighted by Gasteiger charge is 2.39. The van der Waals surface area contributed by atoms with Crippen molar-refractivity contribution in [1.82, 2.24) is 4.90 Å². The Hall–Kier alpha value is -1.76. The van der Waals surface area contributed by atoms with E-state index in [2.05, 4.69) is 11.9 Å². The van der Waals surface area contributed by atoms with E-state index in [1.54, 1.807) is 6.07 Å². The molecule has 2 unspecified atom stereocenters. The lowest BCUT2D eigenvalue weighted by Gasteiger charge is -2.36. The zero-order chi connectivity index (χ0) is 19.3. The molecule has 142 valence electrons. The minimum Gasteiger partial charge on any atom is -0.489 e. The van der Waals surface area contributed by atoms with E-state index in [1.165, 1.54) is 12.8 Å². The Morgan fingerprint density at radius 2 is 1.65 bits per heavy atom. The zero-order valence-corrected chi connectivity index (χ0v) is 15.8. The predicted molar refractivity (Wildman–Crippen MR) is 99.1 cm³/mol. The number of halogens is 2. The van der Waals surface area contributed by atoms with Gasteiger partial charge in [-0.1, -0.05) is 29.3 Å². The highest BCUT2D eigenvalue weighted by molar-refractivity contribution is 6.42. The van der Waals surface area contributed by atoms with Crippen LogP contribution >= 0.6 is 23.2 Å². The first-order valence-electron chi connectivity index (χ1n) is 8.24. The molecule has 1 aromatic rings. The molecule has 1 aromatic carbocycles. The summed E-state index contributed by atoms with van der Waals surface area (Å²) >= 11 is 12.2. The van der Waals surface area contributed by atoms with Crippen LogP contribution in [0.1, 0.15) is 25.7 Å². The summed E-state index contributed by atoms with van der Waals surface area (Å²) in [5.41, 5.74) is 0. The average molecular weight is 402 g/mol. The lowest BCUT2D eigenvalue weighted by Crippen LogP contribution is -2.43.